The highest BCUT2D eigenvalue weighted by molar-refractivity contribution is 5.52. The molecular formula is C29H50N2O3. The van der Waals surface area contributed by atoms with Crippen molar-refractivity contribution in [2.45, 2.75) is 129 Å². The number of ether oxygens (including phenoxy) is 1. The molecule has 1 aromatic rings. The Labute approximate surface area is 208 Å². The summed E-state index contributed by atoms with van der Waals surface area (Å²) in [6.45, 7) is 4.90. The van der Waals surface area contributed by atoms with Crippen LogP contribution in [0.1, 0.15) is 122 Å². The Morgan fingerprint density at radius 3 is 1.82 bits per heavy atom. The van der Waals surface area contributed by atoms with E-state index in [1.54, 1.807) is 12.1 Å². The number of hydrogen-bond acceptors (Lipinski definition) is 4. The van der Waals surface area contributed by atoms with Crippen molar-refractivity contribution in [1.82, 2.24) is 0 Å². The molecule has 1 atom stereocenters. The van der Waals surface area contributed by atoms with Crippen LogP contribution in [0.5, 0.6) is 0 Å². The lowest BCUT2D eigenvalue weighted by Crippen LogP contribution is -2.33. The van der Waals surface area contributed by atoms with E-state index in [-0.39, 0.29) is 10.6 Å². The molecule has 0 aromatic heterocycles. The molecule has 0 N–H and O–H groups in total. The van der Waals surface area contributed by atoms with Gasteiger partial charge in [-0.2, -0.15) is 0 Å². The zero-order valence-corrected chi connectivity index (χ0v) is 21.9. The van der Waals surface area contributed by atoms with E-state index in [0.29, 0.717) is 6.04 Å². The molecule has 0 unspecified atom stereocenters. The summed E-state index contributed by atoms with van der Waals surface area (Å²) in [4.78, 5) is 12.9. The number of rotatable bonds is 21. The van der Waals surface area contributed by atoms with Gasteiger partial charge in [-0.15, -0.1) is 0 Å². The van der Waals surface area contributed by atoms with Crippen molar-refractivity contribution in [2.75, 3.05) is 24.7 Å². The molecule has 0 saturated carbocycles. The summed E-state index contributed by atoms with van der Waals surface area (Å²) in [7, 11) is 0. The van der Waals surface area contributed by atoms with Crippen molar-refractivity contribution in [2.24, 2.45) is 0 Å². The van der Waals surface area contributed by atoms with Gasteiger partial charge >= 0.3 is 0 Å². The Morgan fingerprint density at radius 2 is 1.32 bits per heavy atom. The summed E-state index contributed by atoms with van der Waals surface area (Å²) >= 11 is 0. The third kappa shape index (κ3) is 12.2. The first-order chi connectivity index (χ1) is 16.7. The first kappa shape index (κ1) is 28.6. The minimum absolute atomic E-state index is 0.152. The van der Waals surface area contributed by atoms with Gasteiger partial charge < -0.3 is 9.64 Å². The monoisotopic (exact) mass is 474 g/mol. The normalized spacial score (nSPS) is 15.8. The largest absolute Gasteiger partial charge is 0.379 e. The second-order valence-electron chi connectivity index (χ2n) is 10.1. The van der Waals surface area contributed by atoms with E-state index in [4.69, 9.17) is 4.74 Å². The predicted molar refractivity (Wildman–Crippen MR) is 144 cm³/mol. The number of benzene rings is 1. The number of hydrogen-bond donors (Lipinski definition) is 0. The molecule has 194 valence electrons. The minimum Gasteiger partial charge on any atom is -0.379 e. The molecule has 1 heterocycles. The first-order valence-corrected chi connectivity index (χ1v) is 14.3. The lowest BCUT2D eigenvalue weighted by molar-refractivity contribution is -0.384. The van der Waals surface area contributed by atoms with Crippen LogP contribution in [0.15, 0.2) is 24.3 Å². The van der Waals surface area contributed by atoms with Crippen molar-refractivity contribution < 1.29 is 9.66 Å². The van der Waals surface area contributed by atoms with Gasteiger partial charge in [0, 0.05) is 31.0 Å². The predicted octanol–water partition coefficient (Wildman–Crippen LogP) is 8.84. The lowest BCUT2D eigenvalue weighted by Gasteiger charge is -2.26. The molecule has 1 fully saturated rings. The Balaban J connectivity index is 1.38. The molecule has 0 aliphatic carbocycles. The van der Waals surface area contributed by atoms with Crippen molar-refractivity contribution in [3.63, 3.8) is 0 Å². The van der Waals surface area contributed by atoms with Crippen LogP contribution in [0.2, 0.25) is 0 Å². The summed E-state index contributed by atoms with van der Waals surface area (Å²) in [5.74, 6) is 0. The van der Waals surface area contributed by atoms with Gasteiger partial charge in [0.2, 0.25) is 0 Å². The van der Waals surface area contributed by atoms with Crippen molar-refractivity contribution in [3.05, 3.63) is 34.4 Å². The van der Waals surface area contributed by atoms with Crippen LogP contribution in [0.4, 0.5) is 11.4 Å². The highest BCUT2D eigenvalue weighted by Gasteiger charge is 2.25. The smallest absolute Gasteiger partial charge is 0.269 e. The van der Waals surface area contributed by atoms with Crippen LogP contribution in [-0.4, -0.2) is 30.7 Å². The van der Waals surface area contributed by atoms with Gasteiger partial charge in [-0.1, -0.05) is 103 Å². The van der Waals surface area contributed by atoms with Crippen molar-refractivity contribution >= 4 is 11.4 Å². The van der Waals surface area contributed by atoms with E-state index in [9.17, 15) is 10.1 Å². The van der Waals surface area contributed by atoms with E-state index >= 15 is 0 Å². The van der Waals surface area contributed by atoms with E-state index in [2.05, 4.69) is 11.8 Å². The Hall–Kier alpha value is -1.62. The van der Waals surface area contributed by atoms with Crippen LogP contribution in [0.25, 0.3) is 0 Å². The Bertz CT molecular complexity index is 635. The number of nitro groups is 1. The van der Waals surface area contributed by atoms with Crippen LogP contribution >= 0.6 is 0 Å². The van der Waals surface area contributed by atoms with E-state index in [0.717, 1.165) is 44.7 Å². The summed E-state index contributed by atoms with van der Waals surface area (Å²) in [6, 6.07) is 7.32. The summed E-state index contributed by atoms with van der Waals surface area (Å²) in [5.41, 5.74) is 1.22. The molecule has 1 aromatic carbocycles. The third-order valence-electron chi connectivity index (χ3n) is 7.22. The molecule has 0 amide bonds. The van der Waals surface area contributed by atoms with E-state index < -0.39 is 0 Å². The first-order valence-electron chi connectivity index (χ1n) is 14.3. The molecule has 0 bridgehead atoms. The second kappa shape index (κ2) is 18.7. The van der Waals surface area contributed by atoms with Crippen molar-refractivity contribution in [1.29, 1.82) is 0 Å². The van der Waals surface area contributed by atoms with Gasteiger partial charge in [-0.25, -0.2) is 0 Å². The Morgan fingerprint density at radius 1 is 0.824 bits per heavy atom. The number of non-ortho nitro benzene ring substituents is 1. The fraction of sp³-hybridized carbons (Fsp3) is 0.793. The summed E-state index contributed by atoms with van der Waals surface area (Å²) < 4.78 is 6.00. The molecule has 34 heavy (non-hydrogen) atoms. The van der Waals surface area contributed by atoms with Gasteiger partial charge in [0.15, 0.2) is 0 Å². The molecular weight excluding hydrogens is 424 g/mol. The topological polar surface area (TPSA) is 55.6 Å². The van der Waals surface area contributed by atoms with Gasteiger partial charge in [0.1, 0.15) is 0 Å². The number of nitro benzene ring substituents is 1. The van der Waals surface area contributed by atoms with Crippen LogP contribution < -0.4 is 4.90 Å². The highest BCUT2D eigenvalue weighted by atomic mass is 16.6. The molecule has 2 rings (SSSR count). The zero-order chi connectivity index (χ0) is 24.3. The highest BCUT2D eigenvalue weighted by Crippen LogP contribution is 2.27. The molecule has 1 aliphatic heterocycles. The number of unbranched alkanes of at least 4 members (excludes halogenated alkanes) is 15. The SMILES string of the molecule is CCCCCCCCCCCCCCCCCCOC[C@@H]1CCCN1c1ccc([N+](=O)[O-])cc1. The fourth-order valence-corrected chi connectivity index (χ4v) is 5.09. The second-order valence-corrected chi connectivity index (χ2v) is 10.1. The zero-order valence-electron chi connectivity index (χ0n) is 21.9. The van der Waals surface area contributed by atoms with Crippen molar-refractivity contribution in [3.8, 4) is 0 Å². The summed E-state index contributed by atoms with van der Waals surface area (Å²) in [5, 5.41) is 10.9. The average molecular weight is 475 g/mol. The van der Waals surface area contributed by atoms with Gasteiger partial charge in [0.25, 0.3) is 5.69 Å². The van der Waals surface area contributed by atoms with E-state index in [1.165, 1.54) is 96.3 Å². The number of anilines is 1. The van der Waals surface area contributed by atoms with Gasteiger partial charge in [-0.3, -0.25) is 10.1 Å². The fourth-order valence-electron chi connectivity index (χ4n) is 5.09. The quantitative estimate of drug-likeness (QED) is 0.101. The standard InChI is InChI=1S/C29H50N2O3/c1-2-3-4-5-6-7-8-9-10-11-12-13-14-15-16-17-25-34-26-29-19-18-24-30(29)27-20-22-28(23-21-27)31(32)33/h20-23,29H,2-19,24-26H2,1H3/t29-/m0/s1. The third-order valence-corrected chi connectivity index (χ3v) is 7.22. The maximum absolute atomic E-state index is 10.9. The molecule has 0 radical (unpaired) electrons. The van der Waals surface area contributed by atoms with Gasteiger partial charge in [0.05, 0.1) is 17.6 Å². The van der Waals surface area contributed by atoms with Crippen LogP contribution in [0, 0.1) is 10.1 Å². The molecule has 1 saturated heterocycles. The summed E-state index contributed by atoms with van der Waals surface area (Å²) in [6.07, 6.45) is 24.5. The molecule has 5 nitrogen and oxygen atoms in total. The maximum atomic E-state index is 10.9. The van der Waals surface area contributed by atoms with E-state index in [1.807, 2.05) is 12.1 Å². The molecule has 1 aliphatic rings. The maximum Gasteiger partial charge on any atom is 0.269 e. The Kier molecular flexibility index (Phi) is 15.7. The van der Waals surface area contributed by atoms with Crippen LogP contribution in [-0.2, 0) is 4.74 Å². The average Bonchev–Trinajstić information content (AvgIpc) is 3.32. The number of nitrogens with zero attached hydrogens (tertiary/aromatic N) is 2. The van der Waals surface area contributed by atoms with Crippen LogP contribution in [0.3, 0.4) is 0 Å². The van der Waals surface area contributed by atoms with Gasteiger partial charge in [-0.05, 0) is 31.4 Å². The molecule has 0 spiro atoms. The minimum atomic E-state index is -0.341. The lowest BCUT2D eigenvalue weighted by atomic mass is 10.0. The molecule has 5 heteroatoms.